The largest absolute Gasteiger partial charge is 0.405 e. The predicted molar refractivity (Wildman–Crippen MR) is 144 cm³/mol. The maximum Gasteiger partial charge on any atom is 0.0540 e. The second-order valence-corrected chi connectivity index (χ2v) is 8.05. The van der Waals surface area contributed by atoms with Gasteiger partial charge in [0.15, 0.2) is 0 Å². The number of nitrogens with zero attached hydrogens (tertiary/aromatic N) is 1. The van der Waals surface area contributed by atoms with Crippen LogP contribution in [0.4, 0.5) is 5.69 Å². The Labute approximate surface area is 193 Å². The third-order valence-electron chi connectivity index (χ3n) is 6.39. The van der Waals surface area contributed by atoms with Crippen LogP contribution in [0, 0.1) is 0 Å². The van der Waals surface area contributed by atoms with Crippen LogP contribution in [0.1, 0.15) is 13.8 Å². The molecular formula is C30H27N3. The first-order chi connectivity index (χ1) is 16.2. The molecule has 0 aliphatic heterocycles. The number of benzene rings is 5. The molecule has 5 rings (SSSR count). The van der Waals surface area contributed by atoms with E-state index >= 15 is 0 Å². The van der Waals surface area contributed by atoms with Crippen LogP contribution >= 0.6 is 0 Å². The van der Waals surface area contributed by atoms with Gasteiger partial charge in [-0.25, -0.2) is 0 Å². The van der Waals surface area contributed by atoms with Crippen molar-refractivity contribution < 1.29 is 0 Å². The number of rotatable bonds is 5. The summed E-state index contributed by atoms with van der Waals surface area (Å²) < 4.78 is 0. The molecule has 0 spiro atoms. The fourth-order valence-corrected chi connectivity index (χ4v) is 5.05. The van der Waals surface area contributed by atoms with Gasteiger partial charge < -0.3 is 16.4 Å². The molecule has 0 aliphatic rings. The van der Waals surface area contributed by atoms with Crippen LogP contribution in [0.15, 0.2) is 115 Å². The lowest BCUT2D eigenvalue weighted by atomic mass is 9.89. The second kappa shape index (κ2) is 8.36. The molecule has 0 unspecified atom stereocenters. The van der Waals surface area contributed by atoms with Crippen LogP contribution in [-0.4, -0.2) is 0 Å². The SMILES string of the molecule is C/C=C(\C=C/N)N(C(/C=C\N)=C/C)c1ccc2c3cccc4cccc(c5cccc1c52)c43. The summed E-state index contributed by atoms with van der Waals surface area (Å²) in [4.78, 5) is 2.21. The van der Waals surface area contributed by atoms with Gasteiger partial charge in [0.05, 0.1) is 5.69 Å². The molecule has 0 fully saturated rings. The first-order valence-corrected chi connectivity index (χ1v) is 11.2. The molecule has 0 bridgehead atoms. The standard InChI is InChI=1S/C30H27N3/c1-3-21(16-18-31)33(22(4-2)17-19-32)28-15-14-26-24-11-6-9-20-8-5-10-23(29(20)24)25-12-7-13-27(28)30(25)26/h3-19H,31-32H2,1-2H3/b18-16-,19-17-,21-3+,22-4+. The summed E-state index contributed by atoms with van der Waals surface area (Å²) in [6.45, 7) is 4.04. The fourth-order valence-electron chi connectivity index (χ4n) is 5.05. The van der Waals surface area contributed by atoms with Gasteiger partial charge in [0.2, 0.25) is 0 Å². The normalized spacial score (nSPS) is 13.5. The lowest BCUT2D eigenvalue weighted by Gasteiger charge is -2.29. The van der Waals surface area contributed by atoms with E-state index < -0.39 is 0 Å². The summed E-state index contributed by atoms with van der Waals surface area (Å²) in [5.74, 6) is 0. The highest BCUT2D eigenvalue weighted by Crippen LogP contribution is 2.44. The van der Waals surface area contributed by atoms with Crippen LogP contribution in [0.2, 0.25) is 0 Å². The van der Waals surface area contributed by atoms with E-state index in [1.165, 1.54) is 43.1 Å². The van der Waals surface area contributed by atoms with E-state index in [0.29, 0.717) is 0 Å². The van der Waals surface area contributed by atoms with E-state index in [1.54, 1.807) is 12.4 Å². The second-order valence-electron chi connectivity index (χ2n) is 8.05. The highest BCUT2D eigenvalue weighted by molar-refractivity contribution is 6.34. The van der Waals surface area contributed by atoms with Crippen LogP contribution in [-0.2, 0) is 0 Å². The van der Waals surface area contributed by atoms with Gasteiger partial charge in [0, 0.05) is 16.8 Å². The summed E-state index contributed by atoms with van der Waals surface area (Å²) >= 11 is 0. The van der Waals surface area contributed by atoms with Crippen LogP contribution < -0.4 is 16.4 Å². The van der Waals surface area contributed by atoms with Crippen molar-refractivity contribution in [1.29, 1.82) is 0 Å². The summed E-state index contributed by atoms with van der Waals surface area (Å²) in [5.41, 5.74) is 14.7. The summed E-state index contributed by atoms with van der Waals surface area (Å²) in [5, 5.41) is 10.1. The molecule has 5 aromatic carbocycles. The Balaban J connectivity index is 1.94. The minimum atomic E-state index is 0.975. The van der Waals surface area contributed by atoms with Crippen molar-refractivity contribution >= 4 is 48.8 Å². The van der Waals surface area contributed by atoms with Crippen molar-refractivity contribution in [3.8, 4) is 0 Å². The number of hydrogen-bond donors (Lipinski definition) is 2. The van der Waals surface area contributed by atoms with E-state index in [-0.39, 0.29) is 0 Å². The zero-order valence-corrected chi connectivity index (χ0v) is 18.9. The third kappa shape index (κ3) is 3.13. The Morgan fingerprint density at radius 3 is 1.64 bits per heavy atom. The molecule has 162 valence electrons. The number of nitrogens with two attached hydrogens (primary N) is 2. The molecule has 0 saturated carbocycles. The Bertz CT molecular complexity index is 1520. The molecule has 0 aliphatic carbocycles. The molecular weight excluding hydrogens is 402 g/mol. The van der Waals surface area contributed by atoms with Gasteiger partial charge in [-0.05, 0) is 82.2 Å². The Morgan fingerprint density at radius 2 is 1.09 bits per heavy atom. The third-order valence-corrected chi connectivity index (χ3v) is 6.39. The van der Waals surface area contributed by atoms with Gasteiger partial charge in [0.25, 0.3) is 0 Å². The highest BCUT2D eigenvalue weighted by Gasteiger charge is 2.19. The summed E-state index contributed by atoms with van der Waals surface area (Å²) in [6.07, 6.45) is 11.1. The fraction of sp³-hybridized carbons (Fsp3) is 0.0667. The molecule has 4 N–H and O–H groups in total. The maximum atomic E-state index is 5.81. The summed E-state index contributed by atoms with van der Waals surface area (Å²) in [6, 6.07) is 24.2. The van der Waals surface area contributed by atoms with E-state index in [0.717, 1.165) is 17.1 Å². The van der Waals surface area contributed by atoms with Crippen molar-refractivity contribution in [2.75, 3.05) is 4.90 Å². The minimum Gasteiger partial charge on any atom is -0.405 e. The lowest BCUT2D eigenvalue weighted by Crippen LogP contribution is -2.20. The molecule has 3 heteroatoms. The van der Waals surface area contributed by atoms with Gasteiger partial charge >= 0.3 is 0 Å². The topological polar surface area (TPSA) is 55.3 Å². The predicted octanol–water partition coefficient (Wildman–Crippen LogP) is 7.30. The van der Waals surface area contributed by atoms with Crippen LogP contribution in [0.5, 0.6) is 0 Å². The molecule has 0 heterocycles. The van der Waals surface area contributed by atoms with E-state index in [4.69, 9.17) is 11.5 Å². The average molecular weight is 430 g/mol. The zero-order chi connectivity index (χ0) is 22.9. The quantitative estimate of drug-likeness (QED) is 0.175. The van der Waals surface area contributed by atoms with Crippen molar-refractivity contribution in [1.82, 2.24) is 0 Å². The first-order valence-electron chi connectivity index (χ1n) is 11.2. The van der Waals surface area contributed by atoms with Gasteiger partial charge in [0.1, 0.15) is 0 Å². The Hall–Kier alpha value is -4.24. The number of allylic oxidation sites excluding steroid dienone is 4. The monoisotopic (exact) mass is 429 g/mol. The zero-order valence-electron chi connectivity index (χ0n) is 18.9. The molecule has 33 heavy (non-hydrogen) atoms. The van der Waals surface area contributed by atoms with Crippen molar-refractivity contribution in [3.05, 3.63) is 115 Å². The van der Waals surface area contributed by atoms with Gasteiger partial charge in [-0.1, -0.05) is 72.8 Å². The highest BCUT2D eigenvalue weighted by atomic mass is 15.2. The number of fused-ring (bicyclic) bond motifs is 2. The maximum absolute atomic E-state index is 5.81. The van der Waals surface area contributed by atoms with Crippen molar-refractivity contribution in [2.45, 2.75) is 13.8 Å². The molecule has 0 aromatic heterocycles. The van der Waals surface area contributed by atoms with E-state index in [1.807, 2.05) is 26.0 Å². The van der Waals surface area contributed by atoms with Gasteiger partial charge in [-0.15, -0.1) is 0 Å². The minimum absolute atomic E-state index is 0.975. The molecule has 3 nitrogen and oxygen atoms in total. The number of anilines is 1. The van der Waals surface area contributed by atoms with Crippen molar-refractivity contribution in [2.24, 2.45) is 11.5 Å². The van der Waals surface area contributed by atoms with Crippen molar-refractivity contribution in [3.63, 3.8) is 0 Å². The molecule has 0 amide bonds. The van der Waals surface area contributed by atoms with E-state index in [2.05, 4.69) is 83.8 Å². The Kier molecular flexibility index (Phi) is 5.23. The number of hydrogen-bond acceptors (Lipinski definition) is 3. The first kappa shape index (κ1) is 20.7. The Morgan fingerprint density at radius 1 is 0.606 bits per heavy atom. The lowest BCUT2D eigenvalue weighted by molar-refractivity contribution is 1.13. The average Bonchev–Trinajstić information content (AvgIpc) is 2.86. The molecule has 0 radical (unpaired) electrons. The van der Waals surface area contributed by atoms with Gasteiger partial charge in [-0.3, -0.25) is 0 Å². The van der Waals surface area contributed by atoms with Gasteiger partial charge in [-0.2, -0.15) is 0 Å². The summed E-state index contributed by atoms with van der Waals surface area (Å²) in [7, 11) is 0. The van der Waals surface area contributed by atoms with Crippen LogP contribution in [0.25, 0.3) is 43.1 Å². The molecule has 0 atom stereocenters. The van der Waals surface area contributed by atoms with E-state index in [9.17, 15) is 0 Å². The molecule has 0 saturated heterocycles. The molecule has 5 aromatic rings. The van der Waals surface area contributed by atoms with Crippen LogP contribution in [0.3, 0.4) is 0 Å². The smallest absolute Gasteiger partial charge is 0.0540 e.